The molecule has 0 fully saturated rings. The third kappa shape index (κ3) is 2.77. The van der Waals surface area contributed by atoms with E-state index in [1.54, 1.807) is 18.4 Å². The predicted octanol–water partition coefficient (Wildman–Crippen LogP) is 4.01. The summed E-state index contributed by atoms with van der Waals surface area (Å²) in [6.07, 6.45) is 1.48. The fourth-order valence-electron chi connectivity index (χ4n) is 2.13. The number of aromatic nitrogens is 4. The van der Waals surface area contributed by atoms with E-state index in [4.69, 9.17) is 16.3 Å². The molecule has 21 heavy (non-hydrogen) atoms. The van der Waals surface area contributed by atoms with Gasteiger partial charge in [-0.1, -0.05) is 0 Å². The molecule has 0 aliphatic heterocycles. The molecule has 0 aliphatic carbocycles. The van der Waals surface area contributed by atoms with E-state index in [0.29, 0.717) is 17.9 Å². The molecule has 0 radical (unpaired) electrons. The van der Waals surface area contributed by atoms with Crippen LogP contribution in [0.4, 0.5) is 0 Å². The summed E-state index contributed by atoms with van der Waals surface area (Å²) < 4.78 is 8.33. The number of thiophene rings is 1. The van der Waals surface area contributed by atoms with Gasteiger partial charge in [0.15, 0.2) is 11.2 Å². The lowest BCUT2D eigenvalue weighted by Crippen LogP contribution is -2.05. The third-order valence-corrected chi connectivity index (χ3v) is 4.89. The van der Waals surface area contributed by atoms with Crippen molar-refractivity contribution >= 4 is 50.0 Å². The second-order valence-corrected chi connectivity index (χ2v) is 7.02. The van der Waals surface area contributed by atoms with Crippen LogP contribution < -0.4 is 4.74 Å². The Morgan fingerprint density at radius 2 is 2.29 bits per heavy atom. The van der Waals surface area contributed by atoms with Crippen molar-refractivity contribution in [3.63, 3.8) is 0 Å². The molecule has 0 aromatic carbocycles. The minimum atomic E-state index is -0.229. The van der Waals surface area contributed by atoms with Gasteiger partial charge in [-0.05, 0) is 28.9 Å². The number of nitrogens with zero attached hydrogens (tertiary/aromatic N) is 4. The average Bonchev–Trinajstić information content (AvgIpc) is 3.03. The Morgan fingerprint density at radius 3 is 2.90 bits per heavy atom. The number of imidazole rings is 1. The highest BCUT2D eigenvalue weighted by Gasteiger charge is 2.19. The van der Waals surface area contributed by atoms with Crippen LogP contribution in [-0.4, -0.2) is 26.6 Å². The molecule has 0 aliphatic rings. The maximum absolute atomic E-state index is 6.27. The largest absolute Gasteiger partial charge is 0.479 e. The summed E-state index contributed by atoms with van der Waals surface area (Å²) >= 11 is 11.4. The monoisotopic (exact) mass is 386 g/mol. The van der Waals surface area contributed by atoms with Crippen LogP contribution in [-0.2, 0) is 6.54 Å². The van der Waals surface area contributed by atoms with Crippen molar-refractivity contribution in [2.45, 2.75) is 18.8 Å². The normalized spacial score (nSPS) is 12.8. The maximum Gasteiger partial charge on any atom is 0.245 e. The first-order chi connectivity index (χ1) is 10.1. The molecule has 0 saturated carbocycles. The number of halogens is 2. The SMILES string of the molecule is COc1ncnc2c1nc(C(C)Cl)n2Cc1cc(Br)cs1. The Bertz CT molecular complexity index is 786. The van der Waals surface area contributed by atoms with Crippen LogP contribution in [0.25, 0.3) is 11.2 Å². The quantitative estimate of drug-likeness (QED) is 0.635. The minimum Gasteiger partial charge on any atom is -0.479 e. The van der Waals surface area contributed by atoms with Crippen molar-refractivity contribution in [2.75, 3.05) is 7.11 Å². The second-order valence-electron chi connectivity index (χ2n) is 4.46. The molecule has 1 atom stereocenters. The lowest BCUT2D eigenvalue weighted by molar-refractivity contribution is 0.401. The molecule has 5 nitrogen and oxygen atoms in total. The van der Waals surface area contributed by atoms with E-state index >= 15 is 0 Å². The van der Waals surface area contributed by atoms with E-state index in [1.165, 1.54) is 11.2 Å². The Hall–Kier alpha value is -1.18. The number of ether oxygens (including phenoxy) is 1. The molecule has 0 spiro atoms. The van der Waals surface area contributed by atoms with E-state index in [-0.39, 0.29) is 5.38 Å². The highest BCUT2D eigenvalue weighted by atomic mass is 79.9. The lowest BCUT2D eigenvalue weighted by atomic mass is 10.4. The summed E-state index contributed by atoms with van der Waals surface area (Å²) in [7, 11) is 1.57. The second kappa shape index (κ2) is 5.90. The molecule has 3 heterocycles. The average molecular weight is 388 g/mol. The van der Waals surface area contributed by atoms with Gasteiger partial charge in [0, 0.05) is 14.7 Å². The molecule has 3 aromatic heterocycles. The Labute approximate surface area is 139 Å². The first kappa shape index (κ1) is 14.7. The van der Waals surface area contributed by atoms with Gasteiger partial charge in [-0.25, -0.2) is 9.97 Å². The van der Waals surface area contributed by atoms with E-state index < -0.39 is 0 Å². The van der Waals surface area contributed by atoms with Gasteiger partial charge in [0.2, 0.25) is 5.88 Å². The number of fused-ring (bicyclic) bond motifs is 1. The van der Waals surface area contributed by atoms with Crippen molar-refractivity contribution in [3.05, 3.63) is 32.9 Å². The molecule has 8 heteroatoms. The van der Waals surface area contributed by atoms with Crippen LogP contribution in [0.2, 0.25) is 0 Å². The van der Waals surface area contributed by atoms with Crippen LogP contribution >= 0.6 is 38.9 Å². The first-order valence-electron chi connectivity index (χ1n) is 6.22. The molecule has 0 saturated heterocycles. The smallest absolute Gasteiger partial charge is 0.245 e. The number of hydrogen-bond donors (Lipinski definition) is 0. The molecule has 0 bridgehead atoms. The van der Waals surface area contributed by atoms with Crippen molar-refractivity contribution < 1.29 is 4.74 Å². The molecule has 1 unspecified atom stereocenters. The minimum absolute atomic E-state index is 0.229. The molecule has 3 rings (SSSR count). The molecule has 0 amide bonds. The van der Waals surface area contributed by atoms with E-state index in [1.807, 2.05) is 16.9 Å². The molecular weight excluding hydrogens is 376 g/mol. The fourth-order valence-corrected chi connectivity index (χ4v) is 3.74. The Kier molecular flexibility index (Phi) is 4.14. The van der Waals surface area contributed by atoms with E-state index in [9.17, 15) is 0 Å². The maximum atomic E-state index is 6.27. The molecule has 0 N–H and O–H groups in total. The zero-order chi connectivity index (χ0) is 15.0. The van der Waals surface area contributed by atoms with Gasteiger partial charge in [0.05, 0.1) is 19.0 Å². The number of alkyl halides is 1. The molecular formula is C13H12BrClN4OS. The molecule has 110 valence electrons. The number of rotatable bonds is 4. The van der Waals surface area contributed by atoms with Gasteiger partial charge < -0.3 is 9.30 Å². The summed E-state index contributed by atoms with van der Waals surface area (Å²) in [4.78, 5) is 14.2. The summed E-state index contributed by atoms with van der Waals surface area (Å²) in [6, 6.07) is 2.08. The van der Waals surface area contributed by atoms with Gasteiger partial charge in [-0.15, -0.1) is 22.9 Å². The first-order valence-corrected chi connectivity index (χ1v) is 8.33. The summed E-state index contributed by atoms with van der Waals surface area (Å²) in [5, 5.41) is 1.82. The zero-order valence-corrected chi connectivity index (χ0v) is 14.5. The fraction of sp³-hybridized carbons (Fsp3) is 0.308. The van der Waals surface area contributed by atoms with Crippen LogP contribution in [0.15, 0.2) is 22.2 Å². The van der Waals surface area contributed by atoms with Crippen LogP contribution in [0.3, 0.4) is 0 Å². The highest BCUT2D eigenvalue weighted by Crippen LogP contribution is 2.29. The van der Waals surface area contributed by atoms with Crippen LogP contribution in [0.1, 0.15) is 23.0 Å². The summed E-state index contributed by atoms with van der Waals surface area (Å²) in [5.41, 5.74) is 1.37. The van der Waals surface area contributed by atoms with Gasteiger partial charge in [0.1, 0.15) is 12.2 Å². The van der Waals surface area contributed by atoms with Crippen molar-refractivity contribution in [1.29, 1.82) is 0 Å². The van der Waals surface area contributed by atoms with Crippen molar-refractivity contribution in [3.8, 4) is 5.88 Å². The lowest BCUT2D eigenvalue weighted by Gasteiger charge is -2.08. The van der Waals surface area contributed by atoms with Crippen molar-refractivity contribution in [2.24, 2.45) is 0 Å². The van der Waals surface area contributed by atoms with Crippen molar-refractivity contribution in [1.82, 2.24) is 19.5 Å². The zero-order valence-electron chi connectivity index (χ0n) is 11.4. The number of methoxy groups -OCH3 is 1. The Balaban J connectivity index is 2.16. The van der Waals surface area contributed by atoms with Gasteiger partial charge in [0.25, 0.3) is 0 Å². The summed E-state index contributed by atoms with van der Waals surface area (Å²) in [5.74, 6) is 1.22. The third-order valence-electron chi connectivity index (χ3n) is 3.01. The molecule has 3 aromatic rings. The van der Waals surface area contributed by atoms with Gasteiger partial charge in [-0.2, -0.15) is 4.98 Å². The van der Waals surface area contributed by atoms with E-state index in [2.05, 4.69) is 36.9 Å². The summed E-state index contributed by atoms with van der Waals surface area (Å²) in [6.45, 7) is 2.56. The predicted molar refractivity (Wildman–Crippen MR) is 87.3 cm³/mol. The topological polar surface area (TPSA) is 52.8 Å². The van der Waals surface area contributed by atoms with Gasteiger partial charge in [-0.3, -0.25) is 0 Å². The standard InChI is InChI=1S/C13H12BrClN4OS/c1-7(15)11-18-10-12(16-6-17-13(10)20-2)19(11)4-9-3-8(14)5-21-9/h3,5-7H,4H2,1-2H3. The van der Waals surface area contributed by atoms with Gasteiger partial charge >= 0.3 is 0 Å². The van der Waals surface area contributed by atoms with E-state index in [0.717, 1.165) is 15.9 Å². The Morgan fingerprint density at radius 1 is 1.48 bits per heavy atom. The highest BCUT2D eigenvalue weighted by molar-refractivity contribution is 9.10. The van der Waals surface area contributed by atoms with Crippen LogP contribution in [0.5, 0.6) is 5.88 Å². The number of hydrogen-bond acceptors (Lipinski definition) is 5. The van der Waals surface area contributed by atoms with Crippen LogP contribution in [0, 0.1) is 0 Å².